The molecule has 138 valence electrons. The van der Waals surface area contributed by atoms with E-state index in [1.165, 1.54) is 4.90 Å². The van der Waals surface area contributed by atoms with E-state index in [4.69, 9.17) is 0 Å². The summed E-state index contributed by atoms with van der Waals surface area (Å²) in [6, 6.07) is 15.1. The summed E-state index contributed by atoms with van der Waals surface area (Å²) in [7, 11) is 0. The fourth-order valence-electron chi connectivity index (χ4n) is 3.38. The molecule has 4 rings (SSSR count). The molecule has 1 fully saturated rings. The van der Waals surface area contributed by atoms with Crippen LogP contribution in [0.3, 0.4) is 0 Å². The fourth-order valence-corrected chi connectivity index (χ4v) is 3.38. The Labute approximate surface area is 161 Å². The van der Waals surface area contributed by atoms with Crippen LogP contribution in [0.1, 0.15) is 22.7 Å². The molecule has 1 amide bonds. The number of nitrogens with zero attached hydrogens (tertiary/aromatic N) is 3. The van der Waals surface area contributed by atoms with Gasteiger partial charge in [0.2, 0.25) is 0 Å². The predicted octanol–water partition coefficient (Wildman–Crippen LogP) is 3.10. The first-order valence-electron chi connectivity index (χ1n) is 8.79. The van der Waals surface area contributed by atoms with Gasteiger partial charge in [0, 0.05) is 36.9 Å². The highest BCUT2D eigenvalue weighted by Crippen LogP contribution is 2.39. The highest BCUT2D eigenvalue weighted by molar-refractivity contribution is 6.46. The van der Waals surface area contributed by atoms with Crippen molar-refractivity contribution in [1.82, 2.24) is 14.9 Å². The molecule has 28 heavy (non-hydrogen) atoms. The third kappa shape index (κ3) is 3.16. The van der Waals surface area contributed by atoms with Gasteiger partial charge in [-0.15, -0.1) is 0 Å². The molecule has 3 aromatic rings. The van der Waals surface area contributed by atoms with Crippen molar-refractivity contribution in [3.63, 3.8) is 0 Å². The molecule has 0 saturated carbocycles. The van der Waals surface area contributed by atoms with E-state index >= 15 is 0 Å². The standard InChI is InChI=1S/C22H17N3O3/c26-20(17-6-2-1-3-7-17)18-19(16-8-11-23-12-9-16)25(22(28)21(18)27)14-15-5-4-10-24-13-15/h1-13,19,26H,14H2/t19-/m0/s1. The highest BCUT2D eigenvalue weighted by Gasteiger charge is 2.46. The van der Waals surface area contributed by atoms with E-state index in [1.54, 1.807) is 67.3 Å². The number of likely N-dealkylation sites (tertiary alicyclic amines) is 1. The number of hydrogen-bond donors (Lipinski definition) is 1. The fraction of sp³-hybridized carbons (Fsp3) is 0.0909. The van der Waals surface area contributed by atoms with Crippen LogP contribution in [0, 0.1) is 0 Å². The van der Waals surface area contributed by atoms with E-state index in [0.29, 0.717) is 11.1 Å². The van der Waals surface area contributed by atoms with Crippen molar-refractivity contribution in [2.75, 3.05) is 0 Å². The number of carbonyl (C=O) groups excluding carboxylic acids is 2. The van der Waals surface area contributed by atoms with Crippen LogP contribution in [0.15, 0.2) is 85.0 Å². The van der Waals surface area contributed by atoms with Gasteiger partial charge in [-0.3, -0.25) is 19.6 Å². The normalized spacial score (nSPS) is 18.4. The Morgan fingerprint density at radius 3 is 2.36 bits per heavy atom. The minimum Gasteiger partial charge on any atom is -0.507 e. The maximum absolute atomic E-state index is 12.9. The van der Waals surface area contributed by atoms with Crippen molar-refractivity contribution in [2.24, 2.45) is 0 Å². The van der Waals surface area contributed by atoms with E-state index < -0.39 is 17.7 Å². The number of rotatable bonds is 4. The number of carbonyl (C=O) groups is 2. The summed E-state index contributed by atoms with van der Waals surface area (Å²) >= 11 is 0. The molecule has 2 aromatic heterocycles. The molecule has 0 radical (unpaired) electrons. The van der Waals surface area contributed by atoms with Crippen molar-refractivity contribution >= 4 is 17.4 Å². The SMILES string of the molecule is O=C1C(=O)N(Cc2cccnc2)[C@@H](c2ccncc2)C1=C(O)c1ccccc1. The zero-order valence-electron chi connectivity index (χ0n) is 14.9. The van der Waals surface area contributed by atoms with Crippen molar-refractivity contribution in [3.05, 3.63) is 102 Å². The van der Waals surface area contributed by atoms with Crippen LogP contribution in [0.2, 0.25) is 0 Å². The molecule has 6 heteroatoms. The second kappa shape index (κ2) is 7.44. The summed E-state index contributed by atoms with van der Waals surface area (Å²) in [6.07, 6.45) is 6.50. The largest absolute Gasteiger partial charge is 0.507 e. The Kier molecular flexibility index (Phi) is 4.68. The monoisotopic (exact) mass is 371 g/mol. The maximum Gasteiger partial charge on any atom is 0.295 e. The summed E-state index contributed by atoms with van der Waals surface area (Å²) < 4.78 is 0. The Hall–Kier alpha value is -3.80. The highest BCUT2D eigenvalue weighted by atomic mass is 16.3. The predicted molar refractivity (Wildman–Crippen MR) is 103 cm³/mol. The number of aromatic nitrogens is 2. The summed E-state index contributed by atoms with van der Waals surface area (Å²) in [6.45, 7) is 0.205. The molecule has 1 aliphatic heterocycles. The van der Waals surface area contributed by atoms with Gasteiger partial charge in [0.05, 0.1) is 11.6 Å². The van der Waals surface area contributed by atoms with Crippen LogP contribution in [-0.4, -0.2) is 31.7 Å². The lowest BCUT2D eigenvalue weighted by atomic mass is 9.96. The van der Waals surface area contributed by atoms with Crippen molar-refractivity contribution < 1.29 is 14.7 Å². The maximum atomic E-state index is 12.9. The van der Waals surface area contributed by atoms with Crippen LogP contribution in [0.5, 0.6) is 0 Å². The number of hydrogen-bond acceptors (Lipinski definition) is 5. The van der Waals surface area contributed by atoms with Crippen molar-refractivity contribution in [2.45, 2.75) is 12.6 Å². The average Bonchev–Trinajstić information content (AvgIpc) is 3.00. The smallest absolute Gasteiger partial charge is 0.295 e. The Bertz CT molecular complexity index is 1030. The number of aliphatic hydroxyl groups is 1. The molecule has 1 saturated heterocycles. The van der Waals surface area contributed by atoms with E-state index in [0.717, 1.165) is 5.56 Å². The number of ketones is 1. The van der Waals surface area contributed by atoms with E-state index in [-0.39, 0.29) is 17.9 Å². The number of benzene rings is 1. The molecule has 1 aliphatic rings. The van der Waals surface area contributed by atoms with Gasteiger partial charge in [-0.1, -0.05) is 36.4 Å². The van der Waals surface area contributed by atoms with Gasteiger partial charge in [-0.2, -0.15) is 0 Å². The minimum atomic E-state index is -0.705. The average molecular weight is 371 g/mol. The van der Waals surface area contributed by atoms with Gasteiger partial charge < -0.3 is 10.0 Å². The van der Waals surface area contributed by atoms with Gasteiger partial charge in [-0.05, 0) is 29.3 Å². The first-order chi connectivity index (χ1) is 13.7. The van der Waals surface area contributed by atoms with Gasteiger partial charge in [0.25, 0.3) is 11.7 Å². The zero-order valence-corrected chi connectivity index (χ0v) is 14.9. The summed E-state index contributed by atoms with van der Waals surface area (Å²) in [5.41, 5.74) is 2.06. The van der Waals surface area contributed by atoms with Crippen LogP contribution in [-0.2, 0) is 16.1 Å². The minimum absolute atomic E-state index is 0.0753. The lowest BCUT2D eigenvalue weighted by Gasteiger charge is -2.25. The third-order valence-corrected chi connectivity index (χ3v) is 4.68. The molecule has 0 unspecified atom stereocenters. The molecule has 0 bridgehead atoms. The molecule has 1 N–H and O–H groups in total. The quantitative estimate of drug-likeness (QED) is 0.433. The number of Topliss-reactive ketones (excluding diaryl/α,β-unsaturated/α-hetero) is 1. The van der Waals surface area contributed by atoms with Gasteiger partial charge in [-0.25, -0.2) is 0 Å². The summed E-state index contributed by atoms with van der Waals surface area (Å²) in [5, 5.41) is 10.9. The van der Waals surface area contributed by atoms with Crippen LogP contribution >= 0.6 is 0 Å². The second-order valence-electron chi connectivity index (χ2n) is 6.43. The topological polar surface area (TPSA) is 83.4 Å². The Morgan fingerprint density at radius 1 is 0.929 bits per heavy atom. The second-order valence-corrected chi connectivity index (χ2v) is 6.43. The van der Waals surface area contributed by atoms with Crippen molar-refractivity contribution in [1.29, 1.82) is 0 Å². The molecule has 0 aliphatic carbocycles. The van der Waals surface area contributed by atoms with E-state index in [1.807, 2.05) is 12.1 Å². The molecular weight excluding hydrogens is 354 g/mol. The first kappa shape index (κ1) is 17.6. The molecule has 1 aromatic carbocycles. The Balaban J connectivity index is 1.85. The molecule has 6 nitrogen and oxygen atoms in total. The summed E-state index contributed by atoms with van der Waals surface area (Å²) in [5.74, 6) is -1.54. The lowest BCUT2D eigenvalue weighted by Crippen LogP contribution is -2.29. The number of amides is 1. The van der Waals surface area contributed by atoms with Gasteiger partial charge >= 0.3 is 0 Å². The zero-order chi connectivity index (χ0) is 19.5. The van der Waals surface area contributed by atoms with Crippen LogP contribution in [0.4, 0.5) is 0 Å². The molecule has 0 spiro atoms. The summed E-state index contributed by atoms with van der Waals surface area (Å²) in [4.78, 5) is 35.3. The number of pyridine rings is 2. The van der Waals surface area contributed by atoms with E-state index in [2.05, 4.69) is 9.97 Å². The van der Waals surface area contributed by atoms with Gasteiger partial charge in [0.15, 0.2) is 0 Å². The molecular formula is C22H17N3O3. The first-order valence-corrected chi connectivity index (χ1v) is 8.79. The van der Waals surface area contributed by atoms with E-state index in [9.17, 15) is 14.7 Å². The molecule has 1 atom stereocenters. The van der Waals surface area contributed by atoms with Crippen LogP contribution < -0.4 is 0 Å². The van der Waals surface area contributed by atoms with Crippen molar-refractivity contribution in [3.8, 4) is 0 Å². The van der Waals surface area contributed by atoms with Gasteiger partial charge in [0.1, 0.15) is 5.76 Å². The molecule has 3 heterocycles. The number of aliphatic hydroxyl groups excluding tert-OH is 1. The lowest BCUT2D eigenvalue weighted by molar-refractivity contribution is -0.140. The van der Waals surface area contributed by atoms with Crippen LogP contribution in [0.25, 0.3) is 5.76 Å². The third-order valence-electron chi connectivity index (χ3n) is 4.68. The Morgan fingerprint density at radius 2 is 1.68 bits per heavy atom.